The van der Waals surface area contributed by atoms with Crippen molar-refractivity contribution < 1.29 is 4.92 Å². The summed E-state index contributed by atoms with van der Waals surface area (Å²) in [5.41, 5.74) is 0.907. The van der Waals surface area contributed by atoms with Gasteiger partial charge in [0.25, 0.3) is 5.69 Å². The van der Waals surface area contributed by atoms with Crippen LogP contribution in [0.4, 0.5) is 5.69 Å². The van der Waals surface area contributed by atoms with Gasteiger partial charge in [0.2, 0.25) is 0 Å². The van der Waals surface area contributed by atoms with Crippen LogP contribution in [0.1, 0.15) is 12.0 Å². The van der Waals surface area contributed by atoms with E-state index >= 15 is 0 Å². The summed E-state index contributed by atoms with van der Waals surface area (Å²) < 4.78 is 0. The third-order valence-electron chi connectivity index (χ3n) is 3.76. The number of likely N-dealkylation sites (N-methyl/N-ethyl adjacent to an activating group) is 1. The lowest BCUT2D eigenvalue weighted by atomic mass is 10.1. The summed E-state index contributed by atoms with van der Waals surface area (Å²) in [4.78, 5) is 15.4. The Bertz CT molecular complexity index is 473. The highest BCUT2D eigenvalue weighted by molar-refractivity contribution is 6.30. The van der Waals surface area contributed by atoms with Crippen molar-refractivity contribution in [3.05, 3.63) is 38.9 Å². The van der Waals surface area contributed by atoms with Gasteiger partial charge in [-0.3, -0.25) is 10.1 Å². The Morgan fingerprint density at radius 2 is 2.00 bits per heavy atom. The zero-order chi connectivity index (χ0) is 14.5. The number of halogens is 1. The standard InChI is InChI=1S/C14H20ClN3O2/c1-16-7-9-17(10-8-16)6-2-3-12-4-5-13(15)11-14(12)18(19)20/h4-5,11H,2-3,6-10H2,1H3. The number of nitro groups is 1. The summed E-state index contributed by atoms with van der Waals surface area (Å²) in [7, 11) is 2.13. The first-order chi connectivity index (χ1) is 9.56. The van der Waals surface area contributed by atoms with Gasteiger partial charge in [-0.2, -0.15) is 0 Å². The third-order valence-corrected chi connectivity index (χ3v) is 4.00. The van der Waals surface area contributed by atoms with Crippen LogP contribution in [-0.2, 0) is 6.42 Å². The number of nitro benzene ring substituents is 1. The second-order valence-electron chi connectivity index (χ2n) is 5.28. The average Bonchev–Trinajstić information content (AvgIpc) is 2.42. The van der Waals surface area contributed by atoms with Crippen molar-refractivity contribution in [2.75, 3.05) is 39.8 Å². The summed E-state index contributed by atoms with van der Waals surface area (Å²) in [6, 6.07) is 4.93. The number of piperazine rings is 1. The van der Waals surface area contributed by atoms with Gasteiger partial charge in [0.15, 0.2) is 0 Å². The lowest BCUT2D eigenvalue weighted by Gasteiger charge is -2.32. The van der Waals surface area contributed by atoms with Crippen molar-refractivity contribution in [1.82, 2.24) is 9.80 Å². The fourth-order valence-electron chi connectivity index (χ4n) is 2.48. The number of benzene rings is 1. The predicted molar refractivity (Wildman–Crippen MR) is 80.4 cm³/mol. The van der Waals surface area contributed by atoms with Gasteiger partial charge in [-0.15, -0.1) is 0 Å². The first-order valence-corrected chi connectivity index (χ1v) is 7.28. The summed E-state index contributed by atoms with van der Waals surface area (Å²) in [6.07, 6.45) is 1.66. The molecule has 1 fully saturated rings. The van der Waals surface area contributed by atoms with E-state index in [1.54, 1.807) is 12.1 Å². The Morgan fingerprint density at radius 3 is 2.65 bits per heavy atom. The second-order valence-corrected chi connectivity index (χ2v) is 5.72. The SMILES string of the molecule is CN1CCN(CCCc2ccc(Cl)cc2[N+](=O)[O-])CC1. The van der Waals surface area contributed by atoms with E-state index in [1.807, 2.05) is 0 Å². The molecular weight excluding hydrogens is 278 g/mol. The van der Waals surface area contributed by atoms with E-state index in [2.05, 4.69) is 16.8 Å². The van der Waals surface area contributed by atoms with Crippen LogP contribution in [0.25, 0.3) is 0 Å². The van der Waals surface area contributed by atoms with Crippen LogP contribution in [-0.4, -0.2) is 54.5 Å². The molecule has 1 aromatic rings. The summed E-state index contributed by atoms with van der Waals surface area (Å²) >= 11 is 5.81. The molecule has 5 nitrogen and oxygen atoms in total. The van der Waals surface area contributed by atoms with E-state index in [-0.39, 0.29) is 10.6 Å². The van der Waals surface area contributed by atoms with Gasteiger partial charge in [-0.05, 0) is 32.5 Å². The smallest absolute Gasteiger partial charge is 0.274 e. The molecule has 0 aliphatic carbocycles. The minimum absolute atomic E-state index is 0.135. The molecule has 0 saturated carbocycles. The monoisotopic (exact) mass is 297 g/mol. The molecule has 0 amide bonds. The van der Waals surface area contributed by atoms with Crippen molar-refractivity contribution in [3.8, 4) is 0 Å². The molecule has 0 aromatic heterocycles. The maximum atomic E-state index is 11.0. The van der Waals surface area contributed by atoms with Crippen LogP contribution in [0.2, 0.25) is 5.02 Å². The van der Waals surface area contributed by atoms with Gasteiger partial charge < -0.3 is 9.80 Å². The molecule has 110 valence electrons. The number of rotatable bonds is 5. The molecule has 6 heteroatoms. The summed E-state index contributed by atoms with van der Waals surface area (Å²) in [5, 5.41) is 11.4. The number of nitrogens with zero attached hydrogens (tertiary/aromatic N) is 3. The number of hydrogen-bond acceptors (Lipinski definition) is 4. The number of aryl methyl sites for hydroxylation is 1. The second kappa shape index (κ2) is 7.02. The molecule has 2 rings (SSSR count). The van der Waals surface area contributed by atoms with E-state index < -0.39 is 0 Å². The molecule has 1 saturated heterocycles. The van der Waals surface area contributed by atoms with Gasteiger partial charge in [0.05, 0.1) is 4.92 Å². The highest BCUT2D eigenvalue weighted by Gasteiger charge is 2.16. The lowest BCUT2D eigenvalue weighted by molar-refractivity contribution is -0.385. The highest BCUT2D eigenvalue weighted by atomic mass is 35.5. The Kier molecular flexibility index (Phi) is 5.34. The van der Waals surface area contributed by atoms with E-state index in [1.165, 1.54) is 6.07 Å². The molecule has 0 bridgehead atoms. The molecule has 1 heterocycles. The van der Waals surface area contributed by atoms with Gasteiger partial charge >= 0.3 is 0 Å². The number of hydrogen-bond donors (Lipinski definition) is 0. The normalized spacial score (nSPS) is 17.3. The summed E-state index contributed by atoms with van der Waals surface area (Å²) in [6.45, 7) is 5.36. The predicted octanol–water partition coefficient (Wildman–Crippen LogP) is 2.43. The Labute approximate surface area is 124 Å². The summed E-state index contributed by atoms with van der Waals surface area (Å²) in [5.74, 6) is 0. The van der Waals surface area contributed by atoms with E-state index in [4.69, 9.17) is 11.6 Å². The van der Waals surface area contributed by atoms with Crippen LogP contribution in [0.5, 0.6) is 0 Å². The van der Waals surface area contributed by atoms with Crippen LogP contribution in [0, 0.1) is 10.1 Å². The molecular formula is C14H20ClN3O2. The van der Waals surface area contributed by atoms with E-state index in [9.17, 15) is 10.1 Å². The van der Waals surface area contributed by atoms with Crippen molar-refractivity contribution in [2.24, 2.45) is 0 Å². The van der Waals surface area contributed by atoms with Gasteiger partial charge in [0, 0.05) is 42.8 Å². The lowest BCUT2D eigenvalue weighted by Crippen LogP contribution is -2.44. The molecule has 20 heavy (non-hydrogen) atoms. The van der Waals surface area contributed by atoms with Gasteiger partial charge in [-0.25, -0.2) is 0 Å². The Hall–Kier alpha value is -1.17. The quantitative estimate of drug-likeness (QED) is 0.619. The minimum Gasteiger partial charge on any atom is -0.304 e. The van der Waals surface area contributed by atoms with Crippen molar-refractivity contribution >= 4 is 17.3 Å². The molecule has 1 aromatic carbocycles. The van der Waals surface area contributed by atoms with Gasteiger partial charge in [-0.1, -0.05) is 17.7 Å². The van der Waals surface area contributed by atoms with Crippen LogP contribution in [0.15, 0.2) is 18.2 Å². The Morgan fingerprint density at radius 1 is 1.30 bits per heavy atom. The minimum atomic E-state index is -0.350. The zero-order valence-corrected chi connectivity index (χ0v) is 12.5. The highest BCUT2D eigenvalue weighted by Crippen LogP contribution is 2.24. The van der Waals surface area contributed by atoms with Crippen molar-refractivity contribution in [2.45, 2.75) is 12.8 Å². The van der Waals surface area contributed by atoms with Crippen molar-refractivity contribution in [3.63, 3.8) is 0 Å². The zero-order valence-electron chi connectivity index (χ0n) is 11.7. The molecule has 0 spiro atoms. The molecule has 0 atom stereocenters. The van der Waals surface area contributed by atoms with Crippen LogP contribution in [0.3, 0.4) is 0 Å². The molecule has 0 N–H and O–H groups in total. The fraction of sp³-hybridized carbons (Fsp3) is 0.571. The first-order valence-electron chi connectivity index (χ1n) is 6.90. The first kappa shape index (κ1) is 15.2. The van der Waals surface area contributed by atoms with Crippen LogP contribution < -0.4 is 0 Å². The molecule has 1 aliphatic heterocycles. The van der Waals surface area contributed by atoms with Crippen molar-refractivity contribution in [1.29, 1.82) is 0 Å². The van der Waals surface area contributed by atoms with E-state index in [0.29, 0.717) is 5.02 Å². The maximum absolute atomic E-state index is 11.0. The van der Waals surface area contributed by atoms with E-state index in [0.717, 1.165) is 51.1 Å². The third kappa shape index (κ3) is 4.16. The largest absolute Gasteiger partial charge is 0.304 e. The molecule has 0 unspecified atom stereocenters. The fourth-order valence-corrected chi connectivity index (χ4v) is 2.65. The molecule has 1 aliphatic rings. The molecule has 0 radical (unpaired) electrons. The Balaban J connectivity index is 1.86. The maximum Gasteiger partial charge on any atom is 0.274 e. The van der Waals surface area contributed by atoms with Gasteiger partial charge in [0.1, 0.15) is 0 Å². The topological polar surface area (TPSA) is 49.6 Å². The average molecular weight is 298 g/mol. The van der Waals surface area contributed by atoms with Crippen LogP contribution >= 0.6 is 11.6 Å².